The number of alkyl halides is 3. The molecule has 0 saturated carbocycles. The number of anilines is 1. The first kappa shape index (κ1) is 17.7. The second-order valence-corrected chi connectivity index (χ2v) is 5.65. The third-order valence-corrected chi connectivity index (χ3v) is 3.63. The lowest BCUT2D eigenvalue weighted by Crippen LogP contribution is -2.33. The van der Waals surface area contributed by atoms with Gasteiger partial charge in [0.15, 0.2) is 0 Å². The summed E-state index contributed by atoms with van der Waals surface area (Å²) in [6.45, 7) is 1.83. The molecule has 1 aromatic rings. The van der Waals surface area contributed by atoms with E-state index < -0.39 is 17.6 Å². The second kappa shape index (κ2) is 7.59. The molecule has 0 fully saturated rings. The van der Waals surface area contributed by atoms with Crippen LogP contribution in [0.25, 0.3) is 0 Å². The van der Waals surface area contributed by atoms with E-state index >= 15 is 0 Å². The Morgan fingerprint density at radius 2 is 2.05 bits per heavy atom. The number of halogens is 3. The first-order valence-corrected chi connectivity index (χ1v) is 7.87. The van der Waals surface area contributed by atoms with Gasteiger partial charge in [0.05, 0.1) is 5.56 Å². The van der Waals surface area contributed by atoms with Gasteiger partial charge in [-0.05, 0) is 43.6 Å². The standard InChI is InChI=1S/C14H19F3N2OS/c1-9(6-7-21-3)19-13(20)10-4-5-12(18-2)11(8-10)14(15,16)17/h4-5,8-9,18H,6-7H2,1-3H3,(H,19,20). The van der Waals surface area contributed by atoms with Crippen molar-refractivity contribution in [1.82, 2.24) is 5.32 Å². The van der Waals surface area contributed by atoms with Crippen molar-refractivity contribution < 1.29 is 18.0 Å². The number of amides is 1. The van der Waals surface area contributed by atoms with Crippen LogP contribution in [-0.4, -0.2) is 31.0 Å². The molecule has 118 valence electrons. The molecule has 2 N–H and O–H groups in total. The van der Waals surface area contributed by atoms with Crippen LogP contribution in [0.1, 0.15) is 29.3 Å². The molecule has 0 aliphatic rings. The van der Waals surface area contributed by atoms with Gasteiger partial charge in [0, 0.05) is 24.3 Å². The van der Waals surface area contributed by atoms with Crippen molar-refractivity contribution in [3.05, 3.63) is 29.3 Å². The van der Waals surface area contributed by atoms with Gasteiger partial charge in [0.1, 0.15) is 0 Å². The summed E-state index contributed by atoms with van der Waals surface area (Å²) in [6.07, 6.45) is -1.77. The van der Waals surface area contributed by atoms with Gasteiger partial charge >= 0.3 is 6.18 Å². The van der Waals surface area contributed by atoms with E-state index in [2.05, 4.69) is 10.6 Å². The van der Waals surface area contributed by atoms with Crippen LogP contribution in [0.15, 0.2) is 18.2 Å². The molecular formula is C14H19F3N2OS. The fourth-order valence-corrected chi connectivity index (χ4v) is 2.40. The molecule has 1 atom stereocenters. The summed E-state index contributed by atoms with van der Waals surface area (Å²) in [6, 6.07) is 3.45. The van der Waals surface area contributed by atoms with Crippen LogP contribution in [0.4, 0.5) is 18.9 Å². The molecule has 1 amide bonds. The molecule has 21 heavy (non-hydrogen) atoms. The molecule has 0 spiro atoms. The van der Waals surface area contributed by atoms with Gasteiger partial charge in [-0.3, -0.25) is 4.79 Å². The lowest BCUT2D eigenvalue weighted by atomic mass is 10.1. The van der Waals surface area contributed by atoms with Crippen LogP contribution >= 0.6 is 11.8 Å². The maximum absolute atomic E-state index is 12.9. The minimum Gasteiger partial charge on any atom is -0.388 e. The first-order valence-electron chi connectivity index (χ1n) is 6.48. The van der Waals surface area contributed by atoms with E-state index in [1.807, 2.05) is 13.2 Å². The predicted molar refractivity (Wildman–Crippen MR) is 80.9 cm³/mol. The number of hydrogen-bond acceptors (Lipinski definition) is 3. The van der Waals surface area contributed by atoms with Crippen LogP contribution < -0.4 is 10.6 Å². The van der Waals surface area contributed by atoms with Crippen LogP contribution in [0.3, 0.4) is 0 Å². The number of thioether (sulfide) groups is 1. The highest BCUT2D eigenvalue weighted by Crippen LogP contribution is 2.35. The first-order chi connectivity index (χ1) is 9.79. The van der Waals surface area contributed by atoms with Gasteiger partial charge in [-0.1, -0.05) is 0 Å². The average molecular weight is 320 g/mol. The summed E-state index contributed by atoms with van der Waals surface area (Å²) in [4.78, 5) is 12.0. The zero-order valence-electron chi connectivity index (χ0n) is 12.2. The molecule has 0 aliphatic carbocycles. The number of hydrogen-bond donors (Lipinski definition) is 2. The van der Waals surface area contributed by atoms with Gasteiger partial charge in [-0.15, -0.1) is 0 Å². The summed E-state index contributed by atoms with van der Waals surface area (Å²) in [5.74, 6) is 0.394. The molecule has 0 radical (unpaired) electrons. The zero-order chi connectivity index (χ0) is 16.0. The Hall–Kier alpha value is -1.37. The molecule has 0 bridgehead atoms. The maximum atomic E-state index is 12.9. The normalized spacial score (nSPS) is 12.9. The Kier molecular flexibility index (Phi) is 6.39. The Morgan fingerprint density at radius 1 is 1.38 bits per heavy atom. The zero-order valence-corrected chi connectivity index (χ0v) is 13.0. The Labute approximate surface area is 126 Å². The number of nitrogens with one attached hydrogen (secondary N) is 2. The molecule has 1 aromatic carbocycles. The molecular weight excluding hydrogens is 301 g/mol. The molecule has 0 aromatic heterocycles. The molecule has 3 nitrogen and oxygen atoms in total. The van der Waals surface area contributed by atoms with Crippen molar-refractivity contribution in [1.29, 1.82) is 0 Å². The number of carbonyl (C=O) groups excluding carboxylic acids is 1. The Morgan fingerprint density at radius 3 is 2.57 bits per heavy atom. The van der Waals surface area contributed by atoms with Crippen LogP contribution in [0.5, 0.6) is 0 Å². The SMILES string of the molecule is CNc1ccc(C(=O)NC(C)CCSC)cc1C(F)(F)F. The van der Waals surface area contributed by atoms with Crippen molar-refractivity contribution in [2.24, 2.45) is 0 Å². The van der Waals surface area contributed by atoms with E-state index in [-0.39, 0.29) is 17.3 Å². The summed E-state index contributed by atoms with van der Waals surface area (Å²) >= 11 is 1.66. The molecule has 7 heteroatoms. The molecule has 0 heterocycles. The molecule has 1 unspecified atom stereocenters. The van der Waals surface area contributed by atoms with Crippen molar-refractivity contribution in [3.63, 3.8) is 0 Å². The van der Waals surface area contributed by atoms with Gasteiger partial charge < -0.3 is 10.6 Å². The fraction of sp³-hybridized carbons (Fsp3) is 0.500. The monoisotopic (exact) mass is 320 g/mol. The lowest BCUT2D eigenvalue weighted by Gasteiger charge is -2.16. The van der Waals surface area contributed by atoms with Crippen LogP contribution in [0.2, 0.25) is 0 Å². The van der Waals surface area contributed by atoms with E-state index in [4.69, 9.17) is 0 Å². The second-order valence-electron chi connectivity index (χ2n) is 4.66. The highest BCUT2D eigenvalue weighted by atomic mass is 32.2. The van der Waals surface area contributed by atoms with Gasteiger partial charge in [0.25, 0.3) is 5.91 Å². The van der Waals surface area contributed by atoms with Crippen molar-refractivity contribution in [2.75, 3.05) is 24.4 Å². The summed E-state index contributed by atoms with van der Waals surface area (Å²) in [5.41, 5.74) is -0.874. The van der Waals surface area contributed by atoms with E-state index in [9.17, 15) is 18.0 Å². The third-order valence-electron chi connectivity index (χ3n) is 2.99. The third kappa shape index (κ3) is 5.15. The summed E-state index contributed by atoms with van der Waals surface area (Å²) in [7, 11) is 1.41. The summed E-state index contributed by atoms with van der Waals surface area (Å²) < 4.78 is 38.8. The highest BCUT2D eigenvalue weighted by molar-refractivity contribution is 7.98. The largest absolute Gasteiger partial charge is 0.418 e. The molecule has 0 aliphatic heterocycles. The Bertz CT molecular complexity index is 492. The topological polar surface area (TPSA) is 41.1 Å². The number of rotatable bonds is 6. The van der Waals surface area contributed by atoms with Crippen molar-refractivity contribution in [2.45, 2.75) is 25.6 Å². The lowest BCUT2D eigenvalue weighted by molar-refractivity contribution is -0.136. The minimum atomic E-state index is -4.50. The van der Waals surface area contributed by atoms with Gasteiger partial charge in [0.2, 0.25) is 0 Å². The van der Waals surface area contributed by atoms with Crippen LogP contribution in [0, 0.1) is 0 Å². The number of carbonyl (C=O) groups is 1. The fourth-order valence-electron chi connectivity index (χ4n) is 1.81. The van der Waals surface area contributed by atoms with Gasteiger partial charge in [-0.2, -0.15) is 24.9 Å². The smallest absolute Gasteiger partial charge is 0.388 e. The predicted octanol–water partition coefficient (Wildman–Crippen LogP) is 3.62. The number of benzene rings is 1. The van der Waals surface area contributed by atoms with Gasteiger partial charge in [-0.25, -0.2) is 0 Å². The van der Waals surface area contributed by atoms with E-state index in [1.54, 1.807) is 11.8 Å². The molecule has 0 saturated heterocycles. The Balaban J connectivity index is 2.91. The quantitative estimate of drug-likeness (QED) is 0.841. The summed E-state index contributed by atoms with van der Waals surface area (Å²) in [5, 5.41) is 5.19. The molecule has 1 rings (SSSR count). The van der Waals surface area contributed by atoms with E-state index in [1.165, 1.54) is 19.2 Å². The van der Waals surface area contributed by atoms with Crippen molar-refractivity contribution in [3.8, 4) is 0 Å². The van der Waals surface area contributed by atoms with E-state index in [0.29, 0.717) is 0 Å². The highest BCUT2D eigenvalue weighted by Gasteiger charge is 2.34. The van der Waals surface area contributed by atoms with Crippen LogP contribution in [-0.2, 0) is 6.18 Å². The minimum absolute atomic E-state index is 0.0114. The van der Waals surface area contributed by atoms with E-state index in [0.717, 1.165) is 18.2 Å². The van der Waals surface area contributed by atoms with Crippen molar-refractivity contribution >= 4 is 23.4 Å². The average Bonchev–Trinajstić information content (AvgIpc) is 2.43. The maximum Gasteiger partial charge on any atom is 0.418 e.